The number of piperidine rings is 1. The Labute approximate surface area is 188 Å². The van der Waals surface area contributed by atoms with Gasteiger partial charge in [-0.1, -0.05) is 24.3 Å². The summed E-state index contributed by atoms with van der Waals surface area (Å²) in [7, 11) is -1.57. The number of aromatic nitrogens is 2. The average Bonchev–Trinajstić information content (AvgIpc) is 3.16. The molecule has 2 aliphatic rings. The quantitative estimate of drug-likeness (QED) is 0.656. The van der Waals surface area contributed by atoms with Crippen LogP contribution in [0.25, 0.3) is 11.3 Å². The molecule has 5 rings (SSSR count). The van der Waals surface area contributed by atoms with Gasteiger partial charge in [-0.05, 0) is 24.3 Å². The van der Waals surface area contributed by atoms with Crippen molar-refractivity contribution in [2.24, 2.45) is 7.05 Å². The molecule has 0 unspecified atom stereocenters. The highest BCUT2D eigenvalue weighted by molar-refractivity contribution is 7.92. The molecular formula is C23H26N4O4S. The summed E-state index contributed by atoms with van der Waals surface area (Å²) in [6.45, 7) is 0.977. The molecule has 1 spiro atoms. The number of amides is 1. The summed E-state index contributed by atoms with van der Waals surface area (Å²) in [6, 6.07) is 14.6. The second-order valence-electron chi connectivity index (χ2n) is 8.33. The highest BCUT2D eigenvalue weighted by Gasteiger charge is 2.46. The van der Waals surface area contributed by atoms with Crippen LogP contribution in [0.15, 0.2) is 54.7 Å². The van der Waals surface area contributed by atoms with Crippen LogP contribution < -0.4 is 9.46 Å². The smallest absolute Gasteiger partial charge is 0.255 e. The molecule has 9 heteroatoms. The molecule has 3 aromatic rings. The van der Waals surface area contributed by atoms with E-state index in [4.69, 9.17) is 4.74 Å². The maximum absolute atomic E-state index is 13.3. The van der Waals surface area contributed by atoms with Crippen molar-refractivity contribution in [1.82, 2.24) is 14.7 Å². The maximum atomic E-state index is 13.3. The van der Waals surface area contributed by atoms with Crippen molar-refractivity contribution in [3.8, 4) is 17.0 Å². The van der Waals surface area contributed by atoms with Crippen molar-refractivity contribution in [3.05, 3.63) is 65.9 Å². The van der Waals surface area contributed by atoms with E-state index in [1.165, 1.54) is 0 Å². The zero-order valence-electron chi connectivity index (χ0n) is 17.9. The highest BCUT2D eigenvalue weighted by Crippen LogP contribution is 2.49. The molecular weight excluding hydrogens is 428 g/mol. The minimum absolute atomic E-state index is 0. The van der Waals surface area contributed by atoms with Crippen molar-refractivity contribution >= 4 is 21.6 Å². The minimum atomic E-state index is -3.50. The fourth-order valence-corrected chi connectivity index (χ4v) is 5.26. The number of carbonyl (C=O) groups excluding carboxylic acids is 1. The Morgan fingerprint density at radius 1 is 1.12 bits per heavy atom. The summed E-state index contributed by atoms with van der Waals surface area (Å²) >= 11 is 0. The van der Waals surface area contributed by atoms with E-state index in [2.05, 4.69) is 9.82 Å². The number of fused-ring (bicyclic) bond motifs is 4. The fraction of sp³-hybridized carbons (Fsp3) is 0.304. The number of nitrogens with one attached hydrogen (secondary N) is 1. The number of para-hydroxylation sites is 2. The van der Waals surface area contributed by atoms with Crippen molar-refractivity contribution in [3.63, 3.8) is 0 Å². The van der Waals surface area contributed by atoms with Crippen LogP contribution in [0.2, 0.25) is 0 Å². The second kappa shape index (κ2) is 7.37. The van der Waals surface area contributed by atoms with Crippen LogP contribution in [0.4, 0.5) is 5.69 Å². The van der Waals surface area contributed by atoms with Gasteiger partial charge in [0, 0.05) is 45.5 Å². The van der Waals surface area contributed by atoms with E-state index in [1.807, 2.05) is 42.2 Å². The van der Waals surface area contributed by atoms with Crippen LogP contribution in [0, 0.1) is 0 Å². The Bertz CT molecular complexity index is 1310. The number of benzene rings is 2. The molecule has 1 aromatic heterocycles. The average molecular weight is 455 g/mol. The zero-order valence-corrected chi connectivity index (χ0v) is 18.7. The second-order valence-corrected chi connectivity index (χ2v) is 10.1. The van der Waals surface area contributed by atoms with Gasteiger partial charge in [-0.25, -0.2) is 8.42 Å². The molecule has 2 aliphatic heterocycles. The summed E-state index contributed by atoms with van der Waals surface area (Å²) in [5.74, 6) is 0.625. The third-order valence-corrected chi connectivity index (χ3v) is 6.78. The van der Waals surface area contributed by atoms with Gasteiger partial charge in [0.2, 0.25) is 10.0 Å². The monoisotopic (exact) mass is 454 g/mol. The Balaban J connectivity index is 0.00000259. The number of ether oxygens (including phenoxy) is 1. The summed E-state index contributed by atoms with van der Waals surface area (Å²) in [5.41, 5.74) is 3.20. The lowest BCUT2D eigenvalue weighted by Crippen LogP contribution is -2.49. The first kappa shape index (κ1) is 20.6. The molecule has 1 N–H and O–H groups in total. The molecule has 0 bridgehead atoms. The molecule has 3 heterocycles. The van der Waals surface area contributed by atoms with Crippen LogP contribution in [-0.4, -0.2) is 48.4 Å². The van der Waals surface area contributed by atoms with E-state index in [0.717, 1.165) is 28.8 Å². The molecule has 0 atom stereocenters. The fourth-order valence-electron chi connectivity index (χ4n) is 4.68. The van der Waals surface area contributed by atoms with Gasteiger partial charge in [-0.2, -0.15) is 5.10 Å². The SMILES string of the molecule is Cn1ncc2c1-c1ccccc1OC21CCN(C(=O)c2ccccc2NS(C)(=O)=O)CC1.[HH]. The lowest BCUT2D eigenvalue weighted by Gasteiger charge is -2.44. The van der Waals surface area contributed by atoms with Gasteiger partial charge >= 0.3 is 0 Å². The molecule has 8 nitrogen and oxygen atoms in total. The lowest BCUT2D eigenvalue weighted by molar-refractivity contribution is -0.00169. The molecule has 1 amide bonds. The van der Waals surface area contributed by atoms with Gasteiger partial charge in [0.15, 0.2) is 0 Å². The molecule has 1 saturated heterocycles. The predicted molar refractivity (Wildman–Crippen MR) is 123 cm³/mol. The highest BCUT2D eigenvalue weighted by atomic mass is 32.2. The van der Waals surface area contributed by atoms with Gasteiger partial charge < -0.3 is 9.64 Å². The maximum Gasteiger partial charge on any atom is 0.255 e. The first-order chi connectivity index (χ1) is 15.3. The third-order valence-electron chi connectivity index (χ3n) is 6.19. The Hall–Kier alpha value is -3.33. The first-order valence-electron chi connectivity index (χ1n) is 10.4. The largest absolute Gasteiger partial charge is 0.482 e. The standard InChI is InChI=1S/C23H24N4O4S.H2/c1-26-21-17-8-4-6-10-20(17)31-23(18(21)15-24-26)11-13-27(14-12-23)22(28)16-7-3-5-9-19(16)25-32(2,29)30;/h3-10,15,25H,11-14H2,1-2H3;1H. The Kier molecular flexibility index (Phi) is 4.74. The zero-order chi connectivity index (χ0) is 22.5. The molecule has 168 valence electrons. The number of hydrogen-bond acceptors (Lipinski definition) is 5. The molecule has 1 fully saturated rings. The number of rotatable bonds is 3. The van der Waals surface area contributed by atoms with Gasteiger partial charge in [0.1, 0.15) is 11.4 Å². The van der Waals surface area contributed by atoms with Crippen molar-refractivity contribution < 1.29 is 19.4 Å². The summed E-state index contributed by atoms with van der Waals surface area (Å²) in [4.78, 5) is 15.0. The van der Waals surface area contributed by atoms with E-state index < -0.39 is 15.6 Å². The topological polar surface area (TPSA) is 93.5 Å². The van der Waals surface area contributed by atoms with Crippen LogP contribution in [0.1, 0.15) is 30.2 Å². The number of anilines is 1. The van der Waals surface area contributed by atoms with Crippen molar-refractivity contribution in [2.45, 2.75) is 18.4 Å². The Morgan fingerprint density at radius 2 is 1.81 bits per heavy atom. The van der Waals surface area contributed by atoms with Gasteiger partial charge in [0.05, 0.1) is 29.4 Å². The molecule has 0 aliphatic carbocycles. The number of hydrogen-bond donors (Lipinski definition) is 1. The number of sulfonamides is 1. The van der Waals surface area contributed by atoms with E-state index in [9.17, 15) is 13.2 Å². The van der Waals surface area contributed by atoms with Crippen LogP contribution in [0.5, 0.6) is 5.75 Å². The summed E-state index contributed by atoms with van der Waals surface area (Å²) < 4.78 is 34.3. The third kappa shape index (κ3) is 3.42. The molecule has 32 heavy (non-hydrogen) atoms. The first-order valence-corrected chi connectivity index (χ1v) is 12.3. The molecule has 0 saturated carbocycles. The van der Waals surface area contributed by atoms with Gasteiger partial charge in [-0.3, -0.25) is 14.2 Å². The van der Waals surface area contributed by atoms with Gasteiger partial charge in [-0.15, -0.1) is 0 Å². The van der Waals surface area contributed by atoms with Crippen LogP contribution >= 0.6 is 0 Å². The number of aryl methyl sites for hydroxylation is 1. The van der Waals surface area contributed by atoms with E-state index in [-0.39, 0.29) is 13.0 Å². The number of likely N-dealkylation sites (tertiary alicyclic amines) is 1. The van der Waals surface area contributed by atoms with Crippen molar-refractivity contribution in [1.29, 1.82) is 0 Å². The number of carbonyl (C=O) groups is 1. The van der Waals surface area contributed by atoms with E-state index >= 15 is 0 Å². The minimum Gasteiger partial charge on any atom is -0.482 e. The van der Waals surface area contributed by atoms with Crippen LogP contribution in [0.3, 0.4) is 0 Å². The summed E-state index contributed by atoms with van der Waals surface area (Å²) in [5, 5.41) is 4.49. The van der Waals surface area contributed by atoms with E-state index in [1.54, 1.807) is 29.2 Å². The number of nitrogens with zero attached hydrogens (tertiary/aromatic N) is 3. The lowest BCUT2D eigenvalue weighted by atomic mass is 9.81. The van der Waals surface area contributed by atoms with E-state index in [0.29, 0.717) is 31.5 Å². The van der Waals surface area contributed by atoms with Gasteiger partial charge in [0.25, 0.3) is 5.91 Å². The normalized spacial score (nSPS) is 16.8. The predicted octanol–water partition coefficient (Wildman–Crippen LogP) is 3.23. The van der Waals surface area contributed by atoms with Crippen molar-refractivity contribution in [2.75, 3.05) is 24.1 Å². The summed E-state index contributed by atoms with van der Waals surface area (Å²) in [6.07, 6.45) is 4.18. The molecule has 0 radical (unpaired) electrons. The Morgan fingerprint density at radius 3 is 2.56 bits per heavy atom. The van der Waals surface area contributed by atoms with Crippen LogP contribution in [-0.2, 0) is 22.7 Å². The molecule has 2 aromatic carbocycles.